The van der Waals surface area contributed by atoms with Crippen molar-refractivity contribution in [1.82, 2.24) is 0 Å². The van der Waals surface area contributed by atoms with Crippen LogP contribution in [-0.2, 0) is 0 Å². The monoisotopic (exact) mass is 288 g/mol. The molecular weight excluding hydrogens is 256 g/mol. The van der Waals surface area contributed by atoms with E-state index in [0.717, 1.165) is 23.7 Å². The molecule has 4 rings (SSSR count). The Morgan fingerprint density at radius 2 is 1.90 bits per heavy atom. The van der Waals surface area contributed by atoms with Crippen molar-refractivity contribution in [2.45, 2.75) is 65.2 Å². The number of fused-ring (bicyclic) bond motifs is 5. The molecule has 7 atom stereocenters. The summed E-state index contributed by atoms with van der Waals surface area (Å²) in [6, 6.07) is 0. The lowest BCUT2D eigenvalue weighted by Crippen LogP contribution is -2.52. The summed E-state index contributed by atoms with van der Waals surface area (Å²) < 4.78 is 0. The Kier molecular flexibility index (Phi) is 3.30. The SMILES string of the molecule is C[C@@]12CC[C@H](CO)C[C@H]1CC[C@H]1[C@H]2CC[C@@]2(C)C=CC[C@H]12. The minimum atomic E-state index is 0.422. The Hall–Kier alpha value is -0.300. The molecule has 4 aliphatic carbocycles. The Balaban J connectivity index is 1.59. The van der Waals surface area contributed by atoms with E-state index < -0.39 is 0 Å². The maximum absolute atomic E-state index is 9.55. The van der Waals surface area contributed by atoms with Crippen LogP contribution in [-0.4, -0.2) is 11.7 Å². The first-order valence-electron chi connectivity index (χ1n) is 9.35. The van der Waals surface area contributed by atoms with Gasteiger partial charge in [0.25, 0.3) is 0 Å². The fourth-order valence-electron chi connectivity index (χ4n) is 7.00. The third-order valence-corrected chi connectivity index (χ3v) is 8.36. The average Bonchev–Trinajstić information content (AvgIpc) is 2.88. The van der Waals surface area contributed by atoms with Crippen LogP contribution in [0.25, 0.3) is 0 Å². The molecule has 0 aromatic carbocycles. The lowest BCUT2D eigenvalue weighted by atomic mass is 9.45. The van der Waals surface area contributed by atoms with Crippen LogP contribution in [0.2, 0.25) is 0 Å². The lowest BCUT2D eigenvalue weighted by Gasteiger charge is -2.60. The van der Waals surface area contributed by atoms with E-state index in [9.17, 15) is 5.11 Å². The van der Waals surface area contributed by atoms with Crippen molar-refractivity contribution in [2.75, 3.05) is 6.61 Å². The Morgan fingerprint density at radius 3 is 2.71 bits per heavy atom. The van der Waals surface area contributed by atoms with Crippen LogP contribution in [0.3, 0.4) is 0 Å². The van der Waals surface area contributed by atoms with Crippen molar-refractivity contribution in [1.29, 1.82) is 0 Å². The van der Waals surface area contributed by atoms with E-state index in [1.165, 1.54) is 51.4 Å². The van der Waals surface area contributed by atoms with Gasteiger partial charge in [-0.2, -0.15) is 0 Å². The molecule has 3 saturated carbocycles. The average molecular weight is 288 g/mol. The highest BCUT2D eigenvalue weighted by molar-refractivity contribution is 5.16. The van der Waals surface area contributed by atoms with E-state index in [1.54, 1.807) is 0 Å². The number of allylic oxidation sites excluding steroid dienone is 2. The highest BCUT2D eigenvalue weighted by Gasteiger charge is 2.56. The van der Waals surface area contributed by atoms with Crippen LogP contribution in [0.1, 0.15) is 65.2 Å². The lowest BCUT2D eigenvalue weighted by molar-refractivity contribution is -0.109. The molecule has 4 aliphatic rings. The van der Waals surface area contributed by atoms with E-state index in [2.05, 4.69) is 26.0 Å². The molecule has 1 heteroatoms. The summed E-state index contributed by atoms with van der Waals surface area (Å²) in [5.74, 6) is 4.37. The van der Waals surface area contributed by atoms with Crippen LogP contribution in [0.5, 0.6) is 0 Å². The van der Waals surface area contributed by atoms with Gasteiger partial charge in [-0.25, -0.2) is 0 Å². The van der Waals surface area contributed by atoms with Crippen LogP contribution in [0, 0.1) is 40.4 Å². The molecule has 0 aromatic heterocycles. The number of aliphatic hydroxyl groups is 1. The summed E-state index contributed by atoms with van der Waals surface area (Å²) in [5, 5.41) is 9.55. The maximum Gasteiger partial charge on any atom is 0.0459 e. The summed E-state index contributed by atoms with van der Waals surface area (Å²) >= 11 is 0. The molecule has 0 saturated heterocycles. The highest BCUT2D eigenvalue weighted by atomic mass is 16.3. The van der Waals surface area contributed by atoms with Gasteiger partial charge < -0.3 is 5.11 Å². The Labute approximate surface area is 130 Å². The van der Waals surface area contributed by atoms with Gasteiger partial charge in [0.2, 0.25) is 0 Å². The zero-order valence-corrected chi connectivity index (χ0v) is 13.9. The predicted octanol–water partition coefficient (Wildman–Crippen LogP) is 4.80. The molecule has 0 unspecified atom stereocenters. The summed E-state index contributed by atoms with van der Waals surface area (Å²) in [6.45, 7) is 5.56. The van der Waals surface area contributed by atoms with E-state index in [1.807, 2.05) is 0 Å². The van der Waals surface area contributed by atoms with Crippen LogP contribution in [0.4, 0.5) is 0 Å². The quantitative estimate of drug-likeness (QED) is 0.687. The molecule has 0 amide bonds. The van der Waals surface area contributed by atoms with Gasteiger partial charge in [-0.05, 0) is 91.8 Å². The van der Waals surface area contributed by atoms with Crippen LogP contribution >= 0.6 is 0 Å². The van der Waals surface area contributed by atoms with Crippen LogP contribution in [0.15, 0.2) is 12.2 Å². The minimum Gasteiger partial charge on any atom is -0.396 e. The van der Waals surface area contributed by atoms with Gasteiger partial charge in [-0.15, -0.1) is 0 Å². The third-order valence-electron chi connectivity index (χ3n) is 8.36. The Bertz CT molecular complexity index is 441. The van der Waals surface area contributed by atoms with Gasteiger partial charge in [0.1, 0.15) is 0 Å². The molecule has 0 aromatic rings. The number of hydrogen-bond donors (Lipinski definition) is 1. The van der Waals surface area contributed by atoms with Gasteiger partial charge in [-0.1, -0.05) is 26.0 Å². The number of aliphatic hydroxyl groups excluding tert-OH is 1. The second-order valence-electron chi connectivity index (χ2n) is 9.16. The van der Waals surface area contributed by atoms with Crippen molar-refractivity contribution in [3.05, 3.63) is 12.2 Å². The molecule has 1 nitrogen and oxygen atoms in total. The first-order chi connectivity index (χ1) is 10.1. The molecule has 0 spiro atoms. The first kappa shape index (κ1) is 14.3. The zero-order valence-electron chi connectivity index (χ0n) is 13.9. The molecule has 0 bridgehead atoms. The number of hydrogen-bond acceptors (Lipinski definition) is 1. The zero-order chi connectivity index (χ0) is 14.7. The summed E-state index contributed by atoms with van der Waals surface area (Å²) in [6.07, 6.45) is 16.1. The smallest absolute Gasteiger partial charge is 0.0459 e. The summed E-state index contributed by atoms with van der Waals surface area (Å²) in [4.78, 5) is 0. The first-order valence-corrected chi connectivity index (χ1v) is 9.35. The predicted molar refractivity (Wildman–Crippen MR) is 86.8 cm³/mol. The third kappa shape index (κ3) is 1.99. The van der Waals surface area contributed by atoms with Crippen molar-refractivity contribution < 1.29 is 5.11 Å². The van der Waals surface area contributed by atoms with Gasteiger partial charge in [-0.3, -0.25) is 0 Å². The molecule has 0 radical (unpaired) electrons. The van der Waals surface area contributed by atoms with E-state index in [0.29, 0.717) is 23.4 Å². The van der Waals surface area contributed by atoms with E-state index in [4.69, 9.17) is 0 Å². The Morgan fingerprint density at radius 1 is 1.05 bits per heavy atom. The highest BCUT2D eigenvalue weighted by Crippen LogP contribution is 2.65. The number of rotatable bonds is 1. The van der Waals surface area contributed by atoms with Gasteiger partial charge >= 0.3 is 0 Å². The molecule has 118 valence electrons. The normalized spacial score (nSPS) is 55.7. The summed E-state index contributed by atoms with van der Waals surface area (Å²) in [5.41, 5.74) is 1.10. The largest absolute Gasteiger partial charge is 0.396 e. The van der Waals surface area contributed by atoms with Crippen LogP contribution < -0.4 is 0 Å². The molecule has 0 aliphatic heterocycles. The molecule has 1 N–H and O–H groups in total. The molecule has 3 fully saturated rings. The fourth-order valence-corrected chi connectivity index (χ4v) is 7.00. The molecular formula is C20H32O. The summed E-state index contributed by atoms with van der Waals surface area (Å²) in [7, 11) is 0. The van der Waals surface area contributed by atoms with Crippen molar-refractivity contribution in [2.24, 2.45) is 40.4 Å². The van der Waals surface area contributed by atoms with E-state index >= 15 is 0 Å². The standard InChI is InChI=1S/C20H32O/c1-19-9-3-4-17(19)16-6-5-15-12-14(13-21)7-11-20(15,2)18(16)8-10-19/h3,9,14-18,21H,4-8,10-13H2,1-2H3/t14-,15+,16+,17+,18+,19+,20+/m0/s1. The maximum atomic E-state index is 9.55. The van der Waals surface area contributed by atoms with Gasteiger partial charge in [0.15, 0.2) is 0 Å². The minimum absolute atomic E-state index is 0.422. The second-order valence-corrected chi connectivity index (χ2v) is 9.16. The topological polar surface area (TPSA) is 20.2 Å². The molecule has 0 heterocycles. The van der Waals surface area contributed by atoms with Crippen molar-refractivity contribution in [3.8, 4) is 0 Å². The van der Waals surface area contributed by atoms with E-state index in [-0.39, 0.29) is 0 Å². The van der Waals surface area contributed by atoms with Gasteiger partial charge in [0, 0.05) is 6.61 Å². The second kappa shape index (κ2) is 4.85. The fraction of sp³-hybridized carbons (Fsp3) is 0.900. The molecule has 21 heavy (non-hydrogen) atoms. The van der Waals surface area contributed by atoms with Crippen molar-refractivity contribution in [3.63, 3.8) is 0 Å². The van der Waals surface area contributed by atoms with Gasteiger partial charge in [0.05, 0.1) is 0 Å². The van der Waals surface area contributed by atoms with Crippen molar-refractivity contribution >= 4 is 0 Å².